The van der Waals surface area contributed by atoms with Crippen LogP contribution in [0.3, 0.4) is 0 Å². The van der Waals surface area contributed by atoms with Gasteiger partial charge in [0.15, 0.2) is 0 Å². The molecule has 2 heteroatoms. The van der Waals surface area contributed by atoms with Crippen molar-refractivity contribution < 1.29 is 0 Å². The van der Waals surface area contributed by atoms with Crippen molar-refractivity contribution in [2.45, 2.75) is 39.5 Å². The Kier molecular flexibility index (Phi) is 4.65. The van der Waals surface area contributed by atoms with Gasteiger partial charge in [0.05, 0.1) is 0 Å². The minimum atomic E-state index is 0.738. The van der Waals surface area contributed by atoms with Gasteiger partial charge in [0.1, 0.15) is 0 Å². The minimum absolute atomic E-state index is 0.738. The largest absolute Gasteiger partial charge is 0.372 e. The highest BCUT2D eigenvalue weighted by Crippen LogP contribution is 2.24. The van der Waals surface area contributed by atoms with Crippen LogP contribution in [0.4, 0.5) is 5.69 Å². The van der Waals surface area contributed by atoms with E-state index >= 15 is 0 Å². The second kappa shape index (κ2) is 6.24. The van der Waals surface area contributed by atoms with E-state index in [1.165, 1.54) is 49.2 Å². The number of anilines is 1. The monoisotopic (exact) mass is 246 g/mol. The van der Waals surface area contributed by atoms with E-state index in [1.54, 1.807) is 0 Å². The number of hydrogen-bond donors (Lipinski definition) is 1. The lowest BCUT2D eigenvalue weighted by Crippen LogP contribution is -2.24. The van der Waals surface area contributed by atoms with Gasteiger partial charge in [-0.3, -0.25) is 0 Å². The smallest absolute Gasteiger partial charge is 0.0369 e. The SMILES string of the molecule is Cc1cc(N2CCCC(C)CC2)ccc1CCN. The Morgan fingerprint density at radius 2 is 2.11 bits per heavy atom. The third kappa shape index (κ3) is 3.26. The molecule has 2 nitrogen and oxygen atoms in total. The minimum Gasteiger partial charge on any atom is -0.372 e. The third-order valence-electron chi connectivity index (χ3n) is 4.12. The topological polar surface area (TPSA) is 29.3 Å². The molecule has 1 aliphatic rings. The maximum absolute atomic E-state index is 5.64. The molecule has 1 saturated heterocycles. The molecule has 2 N–H and O–H groups in total. The molecule has 0 spiro atoms. The first-order valence-corrected chi connectivity index (χ1v) is 7.25. The summed E-state index contributed by atoms with van der Waals surface area (Å²) in [7, 11) is 0. The zero-order valence-corrected chi connectivity index (χ0v) is 11.8. The summed E-state index contributed by atoms with van der Waals surface area (Å²) < 4.78 is 0. The van der Waals surface area contributed by atoms with Gasteiger partial charge in [0.2, 0.25) is 0 Å². The molecule has 1 aromatic rings. The fourth-order valence-electron chi connectivity index (χ4n) is 2.83. The number of hydrogen-bond acceptors (Lipinski definition) is 2. The first kappa shape index (κ1) is 13.4. The fourth-order valence-corrected chi connectivity index (χ4v) is 2.83. The summed E-state index contributed by atoms with van der Waals surface area (Å²) in [5, 5.41) is 0. The van der Waals surface area contributed by atoms with E-state index in [-0.39, 0.29) is 0 Å². The lowest BCUT2D eigenvalue weighted by Gasteiger charge is -2.24. The molecule has 1 fully saturated rings. The molecule has 0 saturated carbocycles. The Balaban J connectivity index is 2.10. The van der Waals surface area contributed by atoms with Crippen LogP contribution in [0, 0.1) is 12.8 Å². The number of nitrogens with two attached hydrogens (primary N) is 1. The van der Waals surface area contributed by atoms with Crippen LogP contribution < -0.4 is 10.6 Å². The quantitative estimate of drug-likeness (QED) is 0.888. The summed E-state index contributed by atoms with van der Waals surface area (Å²) in [6.45, 7) is 7.73. The van der Waals surface area contributed by atoms with Crippen LogP contribution in [0.15, 0.2) is 18.2 Å². The highest BCUT2D eigenvalue weighted by atomic mass is 15.1. The zero-order chi connectivity index (χ0) is 13.0. The molecular formula is C16H26N2. The summed E-state index contributed by atoms with van der Waals surface area (Å²) in [6.07, 6.45) is 5.01. The maximum atomic E-state index is 5.64. The highest BCUT2D eigenvalue weighted by molar-refractivity contribution is 5.51. The number of benzene rings is 1. The normalized spacial score (nSPS) is 20.8. The predicted octanol–water partition coefficient (Wildman–Crippen LogP) is 3.12. The molecule has 1 atom stereocenters. The number of rotatable bonds is 3. The Morgan fingerprint density at radius 1 is 1.28 bits per heavy atom. The van der Waals surface area contributed by atoms with Crippen LogP contribution in [-0.4, -0.2) is 19.6 Å². The molecule has 1 aliphatic heterocycles. The van der Waals surface area contributed by atoms with Crippen LogP contribution >= 0.6 is 0 Å². The van der Waals surface area contributed by atoms with Crippen LogP contribution in [0.5, 0.6) is 0 Å². The average Bonchev–Trinajstić information content (AvgIpc) is 2.57. The van der Waals surface area contributed by atoms with E-state index in [0.29, 0.717) is 0 Å². The van der Waals surface area contributed by atoms with Gasteiger partial charge < -0.3 is 10.6 Å². The number of aryl methyl sites for hydroxylation is 1. The van der Waals surface area contributed by atoms with Crippen LogP contribution in [0.2, 0.25) is 0 Å². The first-order chi connectivity index (χ1) is 8.70. The van der Waals surface area contributed by atoms with Gasteiger partial charge in [-0.2, -0.15) is 0 Å². The van der Waals surface area contributed by atoms with Crippen molar-refractivity contribution in [3.05, 3.63) is 29.3 Å². The molecule has 18 heavy (non-hydrogen) atoms. The highest BCUT2D eigenvalue weighted by Gasteiger charge is 2.14. The molecular weight excluding hydrogens is 220 g/mol. The van der Waals surface area contributed by atoms with Crippen molar-refractivity contribution in [2.75, 3.05) is 24.5 Å². The second-order valence-corrected chi connectivity index (χ2v) is 5.67. The van der Waals surface area contributed by atoms with E-state index in [4.69, 9.17) is 5.73 Å². The maximum Gasteiger partial charge on any atom is 0.0369 e. The van der Waals surface area contributed by atoms with Gasteiger partial charge in [0.25, 0.3) is 0 Å². The average molecular weight is 246 g/mol. The Labute approximate surface area is 111 Å². The molecule has 0 bridgehead atoms. The summed E-state index contributed by atoms with van der Waals surface area (Å²) in [4.78, 5) is 2.54. The van der Waals surface area contributed by atoms with Gasteiger partial charge in [-0.1, -0.05) is 13.0 Å². The van der Waals surface area contributed by atoms with E-state index in [2.05, 4.69) is 36.9 Å². The Bertz CT molecular complexity index is 387. The van der Waals surface area contributed by atoms with Gasteiger partial charge in [-0.05, 0) is 68.3 Å². The van der Waals surface area contributed by atoms with Crippen LogP contribution in [0.25, 0.3) is 0 Å². The van der Waals surface area contributed by atoms with Crippen molar-refractivity contribution in [3.8, 4) is 0 Å². The fraction of sp³-hybridized carbons (Fsp3) is 0.625. The molecule has 2 rings (SSSR count). The standard InChI is InChI=1S/C16H26N2/c1-13-4-3-10-18(11-8-13)16-6-5-15(7-9-17)14(2)12-16/h5-6,12-13H,3-4,7-11,17H2,1-2H3. The summed E-state index contributed by atoms with van der Waals surface area (Å²) in [5.41, 5.74) is 9.80. The number of nitrogens with zero attached hydrogens (tertiary/aromatic N) is 1. The molecule has 1 unspecified atom stereocenters. The molecule has 0 aromatic heterocycles. The van der Waals surface area contributed by atoms with Crippen molar-refractivity contribution in [2.24, 2.45) is 11.7 Å². The summed E-state index contributed by atoms with van der Waals surface area (Å²) in [5.74, 6) is 0.882. The van der Waals surface area contributed by atoms with E-state index in [1.807, 2.05) is 0 Å². The van der Waals surface area contributed by atoms with Gasteiger partial charge in [0, 0.05) is 18.8 Å². The molecule has 0 amide bonds. The van der Waals surface area contributed by atoms with E-state index in [9.17, 15) is 0 Å². The van der Waals surface area contributed by atoms with E-state index < -0.39 is 0 Å². The molecule has 1 heterocycles. The van der Waals surface area contributed by atoms with Gasteiger partial charge >= 0.3 is 0 Å². The summed E-state index contributed by atoms with van der Waals surface area (Å²) >= 11 is 0. The van der Waals surface area contributed by atoms with Crippen molar-refractivity contribution in [1.29, 1.82) is 0 Å². The Morgan fingerprint density at radius 3 is 2.83 bits per heavy atom. The third-order valence-corrected chi connectivity index (χ3v) is 4.12. The summed E-state index contributed by atoms with van der Waals surface area (Å²) in [6, 6.07) is 6.86. The predicted molar refractivity (Wildman–Crippen MR) is 79.2 cm³/mol. The van der Waals surface area contributed by atoms with Crippen LogP contribution in [0.1, 0.15) is 37.3 Å². The van der Waals surface area contributed by atoms with E-state index in [0.717, 1.165) is 18.9 Å². The first-order valence-electron chi connectivity index (χ1n) is 7.25. The molecule has 0 radical (unpaired) electrons. The van der Waals surface area contributed by atoms with Crippen molar-refractivity contribution >= 4 is 5.69 Å². The van der Waals surface area contributed by atoms with Crippen LogP contribution in [-0.2, 0) is 6.42 Å². The second-order valence-electron chi connectivity index (χ2n) is 5.67. The lowest BCUT2D eigenvalue weighted by atomic mass is 10.0. The lowest BCUT2D eigenvalue weighted by molar-refractivity contribution is 0.521. The van der Waals surface area contributed by atoms with Gasteiger partial charge in [-0.15, -0.1) is 0 Å². The van der Waals surface area contributed by atoms with Crippen molar-refractivity contribution in [1.82, 2.24) is 0 Å². The molecule has 0 aliphatic carbocycles. The Hall–Kier alpha value is -1.02. The van der Waals surface area contributed by atoms with Gasteiger partial charge in [-0.25, -0.2) is 0 Å². The molecule has 1 aromatic carbocycles. The molecule has 100 valence electrons. The zero-order valence-electron chi connectivity index (χ0n) is 11.8. The van der Waals surface area contributed by atoms with Crippen molar-refractivity contribution in [3.63, 3.8) is 0 Å².